The summed E-state index contributed by atoms with van der Waals surface area (Å²) in [7, 11) is 0. The molecule has 0 radical (unpaired) electrons. The fourth-order valence-corrected chi connectivity index (χ4v) is 7.70. The first-order chi connectivity index (χ1) is 24.5. The molecule has 4 heterocycles. The second-order valence-electron chi connectivity index (χ2n) is 12.1. The van der Waals surface area contributed by atoms with Crippen molar-refractivity contribution in [2.45, 2.75) is 43.6 Å². The molecule has 2 fully saturated rings. The Bertz CT molecular complexity index is 2050. The number of ketones is 1. The van der Waals surface area contributed by atoms with Crippen molar-refractivity contribution < 1.29 is 43.1 Å². The van der Waals surface area contributed by atoms with Gasteiger partial charge in [0, 0.05) is 36.8 Å². The topological polar surface area (TPSA) is 204 Å². The number of benzene rings is 2. The monoisotopic (exact) mass is 715 g/mol. The number of imide groups is 1. The molecule has 3 aromatic rings. The highest BCUT2D eigenvalue weighted by molar-refractivity contribution is 8.00. The van der Waals surface area contributed by atoms with Crippen LogP contribution >= 0.6 is 11.8 Å². The van der Waals surface area contributed by atoms with E-state index in [9.17, 15) is 43.5 Å². The summed E-state index contributed by atoms with van der Waals surface area (Å²) in [5, 5.41) is 14.8. The fraction of sp³-hybridized carbons (Fsp3) is 0.314. The zero-order valence-electron chi connectivity index (χ0n) is 27.3. The number of nitrogens with zero attached hydrogens (tertiary/aromatic N) is 3. The number of thioether (sulfide) groups is 1. The van der Waals surface area contributed by atoms with Gasteiger partial charge in [-0.25, -0.2) is 14.4 Å². The number of hydrogen-bond donors (Lipinski definition) is 3. The van der Waals surface area contributed by atoms with E-state index < -0.39 is 64.5 Å². The van der Waals surface area contributed by atoms with Crippen LogP contribution in [-0.4, -0.2) is 98.0 Å². The number of aliphatic carboxylic acids is 1. The molecule has 3 aliphatic heterocycles. The third-order valence-electron chi connectivity index (χ3n) is 8.98. The molecule has 16 heteroatoms. The van der Waals surface area contributed by atoms with E-state index in [1.165, 1.54) is 22.7 Å². The molecule has 3 unspecified atom stereocenters. The van der Waals surface area contributed by atoms with Gasteiger partial charge in [0.15, 0.2) is 0 Å². The second-order valence-corrected chi connectivity index (χ2v) is 13.2. The number of aryl methyl sites for hydroxylation is 1. The predicted octanol–water partition coefficient (Wildman–Crippen LogP) is 1.57. The number of β-lactam (4-membered cyclic amide) rings is 1. The van der Waals surface area contributed by atoms with Crippen LogP contribution in [-0.2, 0) is 35.2 Å². The molecule has 3 atom stereocenters. The van der Waals surface area contributed by atoms with Crippen LogP contribution in [0.3, 0.4) is 0 Å². The number of piperazine rings is 1. The number of hydrogen-bond acceptors (Lipinski definition) is 10. The maximum absolute atomic E-state index is 13.7. The first kappa shape index (κ1) is 35.1. The summed E-state index contributed by atoms with van der Waals surface area (Å²) in [4.78, 5) is 105. The number of urea groups is 1. The van der Waals surface area contributed by atoms with Crippen LogP contribution in [0.2, 0.25) is 0 Å². The third kappa shape index (κ3) is 6.99. The number of carbonyl (C=O) groups is 7. The quantitative estimate of drug-likeness (QED) is 0.148. The Kier molecular flexibility index (Phi) is 10.0. The van der Waals surface area contributed by atoms with Crippen molar-refractivity contribution in [3.8, 4) is 0 Å². The summed E-state index contributed by atoms with van der Waals surface area (Å²) in [6, 6.07) is 13.1. The van der Waals surface area contributed by atoms with Gasteiger partial charge in [-0.3, -0.25) is 33.8 Å². The predicted molar refractivity (Wildman–Crippen MR) is 182 cm³/mol. The Morgan fingerprint density at radius 2 is 1.71 bits per heavy atom. The molecule has 1 aromatic heterocycles. The first-order valence-electron chi connectivity index (χ1n) is 16.2. The van der Waals surface area contributed by atoms with Gasteiger partial charge in [0.05, 0.1) is 0 Å². The third-order valence-corrected chi connectivity index (χ3v) is 10.3. The molecule has 0 aliphatic carbocycles. The molecule has 3 N–H and O–H groups in total. The summed E-state index contributed by atoms with van der Waals surface area (Å²) in [5.74, 6) is -6.08. The van der Waals surface area contributed by atoms with Gasteiger partial charge in [-0.15, -0.1) is 11.8 Å². The van der Waals surface area contributed by atoms with Crippen molar-refractivity contribution in [1.29, 1.82) is 0 Å². The van der Waals surface area contributed by atoms with Crippen molar-refractivity contribution >= 4 is 64.1 Å². The van der Waals surface area contributed by atoms with Crippen molar-refractivity contribution in [3.05, 3.63) is 93.5 Å². The van der Waals surface area contributed by atoms with Gasteiger partial charge in [-0.1, -0.05) is 42.5 Å². The fourth-order valence-electron chi connectivity index (χ4n) is 6.31. The summed E-state index contributed by atoms with van der Waals surface area (Å²) in [6.45, 7) is 2.07. The lowest BCUT2D eigenvalue weighted by Gasteiger charge is -2.50. The summed E-state index contributed by atoms with van der Waals surface area (Å²) in [6.07, 6.45) is 1.33. The van der Waals surface area contributed by atoms with Gasteiger partial charge in [-0.05, 0) is 55.0 Å². The molecule has 0 bridgehead atoms. The van der Waals surface area contributed by atoms with E-state index in [1.807, 2.05) is 12.1 Å². The molecule has 6 amide bonds. The average Bonchev–Trinajstić information content (AvgIpc) is 3.13. The van der Waals surface area contributed by atoms with Crippen LogP contribution in [0.4, 0.5) is 4.79 Å². The minimum absolute atomic E-state index is 0.0719. The SMILES string of the molecule is CCN1CCN(C(=O)NC(C(=O)NC2C(=O)N3C(C(=O)C(=O)O)=C(CCCc4ccc5ccc(=O)oc5c4)CSC23)c2ccccc2)C(=O)C1=O. The molecule has 15 nitrogen and oxygen atoms in total. The van der Waals surface area contributed by atoms with E-state index >= 15 is 0 Å². The summed E-state index contributed by atoms with van der Waals surface area (Å²) in [5.41, 5.74) is 1.42. The molecule has 51 heavy (non-hydrogen) atoms. The van der Waals surface area contributed by atoms with Crippen molar-refractivity contribution in [2.24, 2.45) is 0 Å². The van der Waals surface area contributed by atoms with Crippen LogP contribution in [0.5, 0.6) is 0 Å². The number of fused-ring (bicyclic) bond motifs is 2. The van der Waals surface area contributed by atoms with Gasteiger partial charge in [0.2, 0.25) is 5.91 Å². The molecular formula is C35H33N5O10S. The van der Waals surface area contributed by atoms with Crippen molar-refractivity contribution in [1.82, 2.24) is 25.3 Å². The molecule has 3 aliphatic rings. The van der Waals surface area contributed by atoms with Crippen LogP contribution in [0, 0.1) is 0 Å². The maximum atomic E-state index is 13.7. The highest BCUT2D eigenvalue weighted by atomic mass is 32.2. The summed E-state index contributed by atoms with van der Waals surface area (Å²) < 4.78 is 5.26. The smallest absolute Gasteiger partial charge is 0.378 e. The molecule has 2 saturated heterocycles. The average molecular weight is 716 g/mol. The van der Waals surface area contributed by atoms with E-state index in [-0.39, 0.29) is 24.5 Å². The minimum Gasteiger partial charge on any atom is -0.475 e. The van der Waals surface area contributed by atoms with E-state index in [0.29, 0.717) is 42.5 Å². The largest absolute Gasteiger partial charge is 0.475 e. The van der Waals surface area contributed by atoms with Gasteiger partial charge in [0.1, 0.15) is 28.7 Å². The summed E-state index contributed by atoms with van der Waals surface area (Å²) >= 11 is 1.26. The Balaban J connectivity index is 1.16. The highest BCUT2D eigenvalue weighted by Crippen LogP contribution is 2.42. The lowest BCUT2D eigenvalue weighted by molar-refractivity contribution is -0.153. The van der Waals surface area contributed by atoms with Crippen LogP contribution in [0.1, 0.15) is 36.9 Å². The molecule has 0 spiro atoms. The number of carboxylic acids is 1. The minimum atomic E-state index is -1.72. The highest BCUT2D eigenvalue weighted by Gasteiger charge is 2.55. The Hall–Kier alpha value is -5.77. The van der Waals surface area contributed by atoms with E-state index in [0.717, 1.165) is 20.7 Å². The van der Waals surface area contributed by atoms with Crippen molar-refractivity contribution in [2.75, 3.05) is 25.4 Å². The number of likely N-dealkylation sites (N-methyl/N-ethyl adjacent to an activating group) is 1. The number of nitrogens with one attached hydrogen (secondary N) is 2. The Morgan fingerprint density at radius 3 is 2.43 bits per heavy atom. The van der Waals surface area contributed by atoms with Gasteiger partial charge >= 0.3 is 29.4 Å². The van der Waals surface area contributed by atoms with Crippen molar-refractivity contribution in [3.63, 3.8) is 0 Å². The lowest BCUT2D eigenvalue weighted by Crippen LogP contribution is -2.71. The van der Waals surface area contributed by atoms with Gasteiger partial charge in [0.25, 0.3) is 11.7 Å². The maximum Gasteiger partial charge on any atom is 0.378 e. The number of rotatable bonds is 11. The number of Topliss-reactive ketones (excluding diaryl/α,β-unsaturated/α-hetero) is 1. The standard InChI is InChI=1S/C35H33N5O10S/c1-2-38-15-16-39(32(46)31(38)45)35(49)37-25(21-8-4-3-5-9-21)29(43)36-26-30(44)40-27(28(42)34(47)48)22(18-51-33(26)40)10-6-7-19-11-12-20-13-14-24(41)50-23(20)17-19/h3-5,8-9,11-14,17,25-26,33H,2,6-7,10,15-16,18H2,1H3,(H,36,43)(H,37,49)(H,47,48). The number of amides is 6. The van der Waals surface area contributed by atoms with Crippen LogP contribution in [0.25, 0.3) is 11.0 Å². The zero-order chi connectivity index (χ0) is 36.4. The second kappa shape index (κ2) is 14.6. The Morgan fingerprint density at radius 1 is 0.961 bits per heavy atom. The van der Waals surface area contributed by atoms with E-state index in [4.69, 9.17) is 4.42 Å². The molecule has 264 valence electrons. The first-order valence-corrected chi connectivity index (χ1v) is 17.3. The lowest BCUT2D eigenvalue weighted by atomic mass is 9.96. The van der Waals surface area contributed by atoms with E-state index in [1.54, 1.807) is 49.4 Å². The zero-order valence-corrected chi connectivity index (χ0v) is 28.1. The normalized spacial score (nSPS) is 19.4. The van der Waals surface area contributed by atoms with E-state index in [2.05, 4.69) is 10.6 Å². The van der Waals surface area contributed by atoms with Crippen LogP contribution < -0.4 is 16.3 Å². The molecule has 0 saturated carbocycles. The molecule has 6 rings (SSSR count). The molecule has 2 aromatic carbocycles. The number of carboxylic acid groups (broad SMARTS) is 1. The van der Waals surface area contributed by atoms with Gasteiger partial charge < -0.3 is 25.1 Å². The Labute approximate surface area is 294 Å². The van der Waals surface area contributed by atoms with Crippen LogP contribution in [0.15, 0.2) is 81.1 Å². The molecular weight excluding hydrogens is 682 g/mol. The number of carbonyl (C=O) groups excluding carboxylic acids is 6. The van der Waals surface area contributed by atoms with Gasteiger partial charge in [-0.2, -0.15) is 0 Å².